The Bertz CT molecular complexity index is 1030. The SMILES string of the molecule is Cc1c(N2C(=O)[C@@H]3[C@H]4C[C@H]([C@H](Br)[C@@H]4Br)[C@@H]3C2=O)c(=O)n(-c2ccccc2)n1C. The van der Waals surface area contributed by atoms with E-state index in [-0.39, 0.29) is 56.4 Å². The third kappa shape index (κ3) is 2.16. The fourth-order valence-electron chi connectivity index (χ4n) is 5.38. The molecule has 2 saturated carbocycles. The maximum absolute atomic E-state index is 13.3. The van der Waals surface area contributed by atoms with E-state index in [4.69, 9.17) is 0 Å². The summed E-state index contributed by atoms with van der Waals surface area (Å²) in [4.78, 5) is 41.4. The molecule has 2 aromatic rings. The largest absolute Gasteiger partial charge is 0.296 e. The topological polar surface area (TPSA) is 64.3 Å². The maximum Gasteiger partial charge on any atom is 0.296 e. The van der Waals surface area contributed by atoms with Crippen molar-refractivity contribution in [2.45, 2.75) is 23.0 Å². The molecule has 146 valence electrons. The van der Waals surface area contributed by atoms with Crippen LogP contribution in [0.15, 0.2) is 35.1 Å². The lowest BCUT2D eigenvalue weighted by molar-refractivity contribution is -0.123. The summed E-state index contributed by atoms with van der Waals surface area (Å²) >= 11 is 7.39. The first-order valence-corrected chi connectivity index (χ1v) is 11.2. The molecule has 0 N–H and O–H groups in total. The molecule has 1 aromatic heterocycles. The number of halogens is 2. The Morgan fingerprint density at radius 1 is 0.929 bits per heavy atom. The smallest absolute Gasteiger partial charge is 0.283 e. The van der Waals surface area contributed by atoms with Crippen LogP contribution in [-0.4, -0.2) is 30.8 Å². The molecule has 3 fully saturated rings. The molecule has 28 heavy (non-hydrogen) atoms. The number of alkyl halides is 2. The van der Waals surface area contributed by atoms with Crippen molar-refractivity contribution in [1.82, 2.24) is 9.36 Å². The highest BCUT2D eigenvalue weighted by atomic mass is 79.9. The molecule has 2 aliphatic carbocycles. The highest BCUT2D eigenvalue weighted by Crippen LogP contribution is 2.60. The number of para-hydroxylation sites is 1. The van der Waals surface area contributed by atoms with Crippen molar-refractivity contribution >= 4 is 49.4 Å². The van der Waals surface area contributed by atoms with Crippen LogP contribution in [-0.2, 0) is 16.6 Å². The van der Waals surface area contributed by atoms with Crippen molar-refractivity contribution in [3.63, 3.8) is 0 Å². The Kier molecular flexibility index (Phi) is 4.04. The molecule has 6 nitrogen and oxygen atoms in total. The predicted molar refractivity (Wildman–Crippen MR) is 112 cm³/mol. The molecule has 0 unspecified atom stereocenters. The Morgan fingerprint density at radius 3 is 2.00 bits per heavy atom. The average molecular weight is 509 g/mol. The quantitative estimate of drug-likeness (QED) is 0.463. The Hall–Kier alpha value is -1.67. The Labute approximate surface area is 178 Å². The summed E-state index contributed by atoms with van der Waals surface area (Å²) < 4.78 is 3.21. The van der Waals surface area contributed by atoms with E-state index in [0.29, 0.717) is 11.4 Å². The van der Waals surface area contributed by atoms with E-state index in [1.807, 2.05) is 30.3 Å². The first kappa shape index (κ1) is 18.4. The van der Waals surface area contributed by atoms with Crippen molar-refractivity contribution in [2.24, 2.45) is 30.7 Å². The van der Waals surface area contributed by atoms with E-state index in [1.165, 1.54) is 9.58 Å². The van der Waals surface area contributed by atoms with Crippen LogP contribution in [0.2, 0.25) is 0 Å². The van der Waals surface area contributed by atoms with Crippen LogP contribution in [0.1, 0.15) is 12.1 Å². The number of hydrogen-bond acceptors (Lipinski definition) is 3. The minimum absolute atomic E-state index is 0.126. The minimum Gasteiger partial charge on any atom is -0.283 e. The number of rotatable bonds is 2. The second-order valence-corrected chi connectivity index (χ2v) is 10.0. The monoisotopic (exact) mass is 507 g/mol. The molecule has 1 aliphatic heterocycles. The average Bonchev–Trinajstić information content (AvgIpc) is 3.34. The van der Waals surface area contributed by atoms with Gasteiger partial charge in [-0.3, -0.25) is 19.1 Å². The molecule has 3 aliphatic rings. The van der Waals surface area contributed by atoms with E-state index >= 15 is 0 Å². The molecule has 2 amide bonds. The zero-order chi connectivity index (χ0) is 19.9. The first-order chi connectivity index (χ1) is 13.3. The second-order valence-electron chi connectivity index (χ2n) is 7.93. The van der Waals surface area contributed by atoms with Crippen molar-refractivity contribution in [2.75, 3.05) is 4.90 Å². The zero-order valence-electron chi connectivity index (χ0n) is 15.4. The van der Waals surface area contributed by atoms with Gasteiger partial charge in [-0.2, -0.15) is 0 Å². The van der Waals surface area contributed by atoms with Crippen molar-refractivity contribution in [3.05, 3.63) is 46.4 Å². The van der Waals surface area contributed by atoms with E-state index in [9.17, 15) is 14.4 Å². The van der Waals surface area contributed by atoms with Crippen LogP contribution in [0.4, 0.5) is 5.69 Å². The van der Waals surface area contributed by atoms with Gasteiger partial charge in [-0.05, 0) is 37.3 Å². The molecule has 1 saturated heterocycles. The van der Waals surface area contributed by atoms with Gasteiger partial charge in [0.2, 0.25) is 11.8 Å². The number of imide groups is 1. The van der Waals surface area contributed by atoms with Gasteiger partial charge in [0.25, 0.3) is 5.56 Å². The molecule has 0 radical (unpaired) electrons. The highest BCUT2D eigenvalue weighted by Gasteiger charge is 2.67. The highest BCUT2D eigenvalue weighted by molar-refractivity contribution is 9.12. The Morgan fingerprint density at radius 2 is 1.46 bits per heavy atom. The summed E-state index contributed by atoms with van der Waals surface area (Å²) in [5.41, 5.74) is 1.15. The van der Waals surface area contributed by atoms with Crippen LogP contribution >= 0.6 is 31.9 Å². The summed E-state index contributed by atoms with van der Waals surface area (Å²) in [7, 11) is 1.77. The van der Waals surface area contributed by atoms with Gasteiger partial charge in [0.15, 0.2) is 0 Å². The van der Waals surface area contributed by atoms with Crippen LogP contribution in [0.5, 0.6) is 0 Å². The van der Waals surface area contributed by atoms with Crippen molar-refractivity contribution in [1.29, 1.82) is 0 Å². The molecular weight excluding hydrogens is 490 g/mol. The molecule has 0 spiro atoms. The van der Waals surface area contributed by atoms with Gasteiger partial charge in [-0.25, -0.2) is 9.58 Å². The number of fused-ring (bicyclic) bond motifs is 5. The molecule has 5 rings (SSSR count). The van der Waals surface area contributed by atoms with E-state index in [0.717, 1.165) is 6.42 Å². The number of carbonyl (C=O) groups is 2. The zero-order valence-corrected chi connectivity index (χ0v) is 18.6. The lowest BCUT2D eigenvalue weighted by Crippen LogP contribution is -2.37. The number of amides is 2. The van der Waals surface area contributed by atoms with Crippen LogP contribution < -0.4 is 10.5 Å². The van der Waals surface area contributed by atoms with Gasteiger partial charge >= 0.3 is 0 Å². The van der Waals surface area contributed by atoms with Gasteiger partial charge in [0, 0.05) is 16.7 Å². The third-order valence-electron chi connectivity index (χ3n) is 6.73. The molecule has 1 aromatic carbocycles. The van der Waals surface area contributed by atoms with Crippen molar-refractivity contribution < 1.29 is 9.59 Å². The fourth-order valence-corrected chi connectivity index (χ4v) is 7.25. The summed E-state index contributed by atoms with van der Waals surface area (Å²) in [6, 6.07) is 9.24. The number of hydrogen-bond donors (Lipinski definition) is 0. The van der Waals surface area contributed by atoms with E-state index < -0.39 is 0 Å². The van der Waals surface area contributed by atoms with Gasteiger partial charge in [0.05, 0.1) is 23.2 Å². The number of benzene rings is 1. The number of carbonyl (C=O) groups excluding carboxylic acids is 2. The van der Waals surface area contributed by atoms with Gasteiger partial charge in [0.1, 0.15) is 5.69 Å². The first-order valence-electron chi connectivity index (χ1n) is 9.34. The predicted octanol–water partition coefficient (Wildman–Crippen LogP) is 2.77. The van der Waals surface area contributed by atoms with Crippen LogP contribution in [0.25, 0.3) is 5.69 Å². The van der Waals surface area contributed by atoms with Gasteiger partial charge in [-0.1, -0.05) is 50.1 Å². The number of aromatic nitrogens is 2. The lowest BCUT2D eigenvalue weighted by Gasteiger charge is -2.28. The van der Waals surface area contributed by atoms with Crippen LogP contribution in [0.3, 0.4) is 0 Å². The number of nitrogens with zero attached hydrogens (tertiary/aromatic N) is 3. The summed E-state index contributed by atoms with van der Waals surface area (Å²) in [6.45, 7) is 1.78. The normalized spacial score (nSPS) is 33.8. The molecule has 6 atom stereocenters. The fraction of sp³-hybridized carbons (Fsp3) is 0.450. The third-order valence-corrected chi connectivity index (χ3v) is 9.94. The number of anilines is 1. The molecular formula is C20H19Br2N3O3. The Balaban J connectivity index is 1.63. The van der Waals surface area contributed by atoms with E-state index in [1.54, 1.807) is 18.7 Å². The summed E-state index contributed by atoms with van der Waals surface area (Å²) in [5, 5.41) is 0. The molecule has 2 heterocycles. The molecule has 2 bridgehead atoms. The van der Waals surface area contributed by atoms with E-state index in [2.05, 4.69) is 31.9 Å². The summed E-state index contributed by atoms with van der Waals surface area (Å²) in [5.74, 6) is -0.864. The van der Waals surface area contributed by atoms with Crippen LogP contribution in [0, 0.1) is 30.6 Å². The summed E-state index contributed by atoms with van der Waals surface area (Å²) in [6.07, 6.45) is 0.870. The standard InChI is InChI=1S/C20H19Br2N3O3/c1-9-17(20(28)25(23(9)2)10-6-4-3-5-7-10)24-18(26)13-11-8-12(14(13)19(24)27)16(22)15(11)21/h3-7,11-16H,8H2,1-2H3/t11-,12+,13-,14+,15-,16+. The minimum atomic E-state index is -0.342. The lowest BCUT2D eigenvalue weighted by atomic mass is 9.81. The maximum atomic E-state index is 13.3. The van der Waals surface area contributed by atoms with Gasteiger partial charge < -0.3 is 0 Å². The van der Waals surface area contributed by atoms with Crippen molar-refractivity contribution in [3.8, 4) is 5.69 Å². The van der Waals surface area contributed by atoms with Gasteiger partial charge in [-0.15, -0.1) is 0 Å². The molecule has 8 heteroatoms. The second kappa shape index (κ2) is 6.16.